The fourth-order valence-corrected chi connectivity index (χ4v) is 4.36. The second kappa shape index (κ2) is 16.6. The Morgan fingerprint density at radius 3 is 2.30 bits per heavy atom. The van der Waals surface area contributed by atoms with Crippen LogP contribution in [0, 0.1) is 0 Å². The Morgan fingerprint density at radius 1 is 0.975 bits per heavy atom. The van der Waals surface area contributed by atoms with Crippen LogP contribution >= 0.6 is 0 Å². The van der Waals surface area contributed by atoms with Crippen molar-refractivity contribution in [2.75, 3.05) is 52.5 Å². The predicted molar refractivity (Wildman–Crippen MR) is 165 cm³/mol. The summed E-state index contributed by atoms with van der Waals surface area (Å²) in [6.07, 6.45) is 7.14. The summed E-state index contributed by atoms with van der Waals surface area (Å²) >= 11 is 0. The summed E-state index contributed by atoms with van der Waals surface area (Å²) in [6.45, 7) is 8.01. The van der Waals surface area contributed by atoms with Crippen LogP contribution in [-0.2, 0) is 6.42 Å². The van der Waals surface area contributed by atoms with Crippen LogP contribution in [0.15, 0.2) is 60.7 Å². The molecule has 0 aliphatic carbocycles. The second-order valence-electron chi connectivity index (χ2n) is 10.5. The molecule has 0 saturated carbocycles. The standard InChI is InChI=1S/C22H20N2O3.C7H17N.C4H9N/c1-24(10-9-16-5-3-2-4-6-16)22-12-17(14-25)11-19(23-22)18-7-8-20-21(13-18)27-15-26-20;1-5-6-7(2)8(3)4;1-2-4-5-3-1/h2-8,11-14H,9-10,15H2,1H3;7H,5-6H2,1-4H3;5H,1-4H2/t;7-;/m.1./s1. The van der Waals surface area contributed by atoms with E-state index in [0.29, 0.717) is 11.3 Å². The molecule has 1 atom stereocenters. The predicted octanol–water partition coefficient (Wildman–Crippen LogP) is 6.08. The molecule has 0 unspecified atom stereocenters. The van der Waals surface area contributed by atoms with Gasteiger partial charge in [-0.15, -0.1) is 0 Å². The Labute approximate surface area is 240 Å². The van der Waals surface area contributed by atoms with Gasteiger partial charge in [0.25, 0.3) is 0 Å². The number of hydrogen-bond donors (Lipinski definition) is 1. The lowest BCUT2D eigenvalue weighted by atomic mass is 10.1. The molecule has 40 heavy (non-hydrogen) atoms. The Morgan fingerprint density at radius 2 is 1.70 bits per heavy atom. The van der Waals surface area contributed by atoms with Crippen LogP contribution in [-0.4, -0.2) is 69.8 Å². The van der Waals surface area contributed by atoms with Gasteiger partial charge in [0, 0.05) is 30.8 Å². The van der Waals surface area contributed by atoms with Gasteiger partial charge in [0.15, 0.2) is 11.5 Å². The molecule has 1 N–H and O–H groups in total. The number of aldehydes is 1. The molecule has 0 radical (unpaired) electrons. The van der Waals surface area contributed by atoms with E-state index in [2.05, 4.69) is 55.2 Å². The Kier molecular flexibility index (Phi) is 12.9. The summed E-state index contributed by atoms with van der Waals surface area (Å²) in [7, 11) is 6.24. The van der Waals surface area contributed by atoms with Crippen LogP contribution in [0.5, 0.6) is 11.5 Å². The van der Waals surface area contributed by atoms with E-state index in [9.17, 15) is 4.79 Å². The number of benzene rings is 2. The van der Waals surface area contributed by atoms with Gasteiger partial charge in [-0.2, -0.15) is 0 Å². The normalized spacial score (nSPS) is 14.1. The van der Waals surface area contributed by atoms with Crippen LogP contribution in [0.25, 0.3) is 11.3 Å². The Hall–Kier alpha value is -3.42. The summed E-state index contributed by atoms with van der Waals surface area (Å²) in [6, 6.07) is 20.4. The van der Waals surface area contributed by atoms with Gasteiger partial charge in [-0.05, 0) is 95.7 Å². The van der Waals surface area contributed by atoms with Gasteiger partial charge in [0.05, 0.1) is 5.69 Å². The van der Waals surface area contributed by atoms with Gasteiger partial charge in [0.2, 0.25) is 6.79 Å². The van der Waals surface area contributed by atoms with E-state index < -0.39 is 0 Å². The molecule has 0 bridgehead atoms. The highest BCUT2D eigenvalue weighted by atomic mass is 16.7. The summed E-state index contributed by atoms with van der Waals surface area (Å²) in [4.78, 5) is 20.5. The third-order valence-corrected chi connectivity index (χ3v) is 7.15. The van der Waals surface area contributed by atoms with Gasteiger partial charge >= 0.3 is 0 Å². The number of likely N-dealkylation sites (N-methyl/N-ethyl adjacent to an activating group) is 1. The number of carbonyl (C=O) groups excluding carboxylic acids is 1. The largest absolute Gasteiger partial charge is 0.454 e. The maximum atomic E-state index is 11.4. The average Bonchev–Trinajstić information content (AvgIpc) is 3.72. The molecule has 1 aromatic heterocycles. The quantitative estimate of drug-likeness (QED) is 0.327. The van der Waals surface area contributed by atoms with Crippen molar-refractivity contribution in [3.8, 4) is 22.8 Å². The smallest absolute Gasteiger partial charge is 0.231 e. The van der Waals surface area contributed by atoms with Crippen LogP contribution in [0.4, 0.5) is 5.82 Å². The number of rotatable bonds is 9. The van der Waals surface area contributed by atoms with E-state index in [0.717, 1.165) is 48.1 Å². The topological polar surface area (TPSA) is 66.9 Å². The van der Waals surface area contributed by atoms with E-state index >= 15 is 0 Å². The molecule has 3 aromatic rings. The zero-order valence-corrected chi connectivity index (χ0v) is 24.9. The molecule has 5 rings (SSSR count). The van der Waals surface area contributed by atoms with Crippen molar-refractivity contribution in [2.24, 2.45) is 0 Å². The molecule has 0 spiro atoms. The summed E-state index contributed by atoms with van der Waals surface area (Å²) < 4.78 is 10.8. The second-order valence-corrected chi connectivity index (χ2v) is 10.5. The first-order valence-electron chi connectivity index (χ1n) is 14.4. The number of ether oxygens (including phenoxy) is 2. The number of pyridine rings is 1. The monoisotopic (exact) mass is 546 g/mol. The number of hydrogen-bond acceptors (Lipinski definition) is 7. The highest BCUT2D eigenvalue weighted by molar-refractivity contribution is 5.80. The van der Waals surface area contributed by atoms with E-state index in [-0.39, 0.29) is 6.79 Å². The third kappa shape index (κ3) is 9.96. The first-order chi connectivity index (χ1) is 19.4. The van der Waals surface area contributed by atoms with E-state index in [1.807, 2.05) is 49.5 Å². The van der Waals surface area contributed by atoms with Gasteiger partial charge < -0.3 is 24.6 Å². The Balaban J connectivity index is 0.000000280. The number of nitrogens with zero attached hydrogens (tertiary/aromatic N) is 3. The van der Waals surface area contributed by atoms with Crippen LogP contribution in [0.3, 0.4) is 0 Å². The van der Waals surface area contributed by atoms with Gasteiger partial charge in [-0.1, -0.05) is 43.7 Å². The SMILES string of the molecule is C1CCNC1.CCC[C@@H](C)N(C)C.CN(CCc1ccccc1)c1cc(C=O)cc(-c2ccc3c(c2)OCO3)n1. The fourth-order valence-electron chi connectivity index (χ4n) is 4.36. The number of carbonyl (C=O) groups is 1. The molecule has 7 nitrogen and oxygen atoms in total. The van der Waals surface area contributed by atoms with E-state index in [4.69, 9.17) is 14.5 Å². The first-order valence-corrected chi connectivity index (χ1v) is 14.4. The van der Waals surface area contributed by atoms with Crippen molar-refractivity contribution in [3.05, 3.63) is 71.8 Å². The van der Waals surface area contributed by atoms with Crippen molar-refractivity contribution in [2.45, 2.75) is 52.0 Å². The van der Waals surface area contributed by atoms with Crippen LogP contribution in [0.2, 0.25) is 0 Å². The molecule has 1 fully saturated rings. The summed E-state index contributed by atoms with van der Waals surface area (Å²) in [5.41, 5.74) is 3.49. The van der Waals surface area contributed by atoms with E-state index in [1.54, 1.807) is 6.07 Å². The lowest BCUT2D eigenvalue weighted by molar-refractivity contribution is 0.112. The number of anilines is 1. The molecule has 0 amide bonds. The number of aromatic nitrogens is 1. The van der Waals surface area contributed by atoms with Crippen molar-refractivity contribution in [3.63, 3.8) is 0 Å². The van der Waals surface area contributed by atoms with Crippen LogP contribution in [0.1, 0.15) is 55.5 Å². The first kappa shape index (κ1) is 31.1. The lowest BCUT2D eigenvalue weighted by Gasteiger charge is -2.19. The molecule has 7 heteroatoms. The molecule has 2 aliphatic heterocycles. The Bertz CT molecular complexity index is 1160. The van der Waals surface area contributed by atoms with Crippen molar-refractivity contribution in [1.82, 2.24) is 15.2 Å². The lowest BCUT2D eigenvalue weighted by Crippen LogP contribution is -2.23. The van der Waals surface area contributed by atoms with Crippen molar-refractivity contribution < 1.29 is 14.3 Å². The molecular weight excluding hydrogens is 500 g/mol. The zero-order valence-electron chi connectivity index (χ0n) is 24.9. The van der Waals surface area contributed by atoms with Gasteiger partial charge in [-0.3, -0.25) is 4.79 Å². The third-order valence-electron chi connectivity index (χ3n) is 7.15. The maximum Gasteiger partial charge on any atom is 0.231 e. The van der Waals surface area contributed by atoms with Crippen molar-refractivity contribution in [1.29, 1.82) is 0 Å². The minimum Gasteiger partial charge on any atom is -0.454 e. The highest BCUT2D eigenvalue weighted by Gasteiger charge is 2.16. The van der Waals surface area contributed by atoms with Gasteiger partial charge in [-0.25, -0.2) is 4.98 Å². The molecule has 1 saturated heterocycles. The summed E-state index contributed by atoms with van der Waals surface area (Å²) in [5, 5.41) is 3.22. The molecule has 2 aromatic carbocycles. The van der Waals surface area contributed by atoms with Crippen LogP contribution < -0.4 is 19.7 Å². The minimum absolute atomic E-state index is 0.230. The summed E-state index contributed by atoms with van der Waals surface area (Å²) in [5.74, 6) is 2.19. The van der Waals surface area contributed by atoms with Crippen molar-refractivity contribution >= 4 is 12.1 Å². The van der Waals surface area contributed by atoms with E-state index in [1.165, 1.54) is 44.3 Å². The average molecular weight is 547 g/mol. The maximum absolute atomic E-state index is 11.4. The molecule has 3 heterocycles. The minimum atomic E-state index is 0.230. The molecule has 216 valence electrons. The zero-order chi connectivity index (χ0) is 28.7. The highest BCUT2D eigenvalue weighted by Crippen LogP contribution is 2.36. The number of nitrogens with one attached hydrogen (secondary N) is 1. The van der Waals surface area contributed by atoms with Gasteiger partial charge in [0.1, 0.15) is 12.1 Å². The molecular formula is C33H46N4O3. The number of fused-ring (bicyclic) bond motifs is 1. The fraction of sp³-hybridized carbons (Fsp3) is 0.455. The molecule has 2 aliphatic rings.